The van der Waals surface area contributed by atoms with Crippen molar-refractivity contribution in [2.24, 2.45) is 7.05 Å². The molecule has 16 heavy (non-hydrogen) atoms. The molecule has 2 aromatic rings. The highest BCUT2D eigenvalue weighted by molar-refractivity contribution is 5.57. The molecule has 5 heteroatoms. The molecule has 2 rings (SSSR count). The fraction of sp³-hybridized carbons (Fsp3) is 0.364. The number of aromatic nitrogens is 4. The van der Waals surface area contributed by atoms with E-state index in [2.05, 4.69) is 20.4 Å². The van der Waals surface area contributed by atoms with Crippen LogP contribution < -0.4 is 5.32 Å². The molecule has 0 aliphatic heterocycles. The molecule has 2 aromatic heterocycles. The van der Waals surface area contributed by atoms with E-state index >= 15 is 0 Å². The third kappa shape index (κ3) is 2.25. The molecule has 2 heterocycles. The minimum Gasteiger partial charge on any atom is -0.319 e. The lowest BCUT2D eigenvalue weighted by Gasteiger charge is -2.00. The van der Waals surface area contributed by atoms with Crippen molar-refractivity contribution < 1.29 is 0 Å². The van der Waals surface area contributed by atoms with E-state index in [-0.39, 0.29) is 0 Å². The van der Waals surface area contributed by atoms with Crippen molar-refractivity contribution in [2.75, 3.05) is 13.6 Å². The van der Waals surface area contributed by atoms with Gasteiger partial charge in [-0.3, -0.25) is 14.6 Å². The first-order valence-electron chi connectivity index (χ1n) is 5.25. The molecule has 1 N–H and O–H groups in total. The van der Waals surface area contributed by atoms with Crippen LogP contribution in [0.15, 0.2) is 24.8 Å². The summed E-state index contributed by atoms with van der Waals surface area (Å²) in [5, 5.41) is 7.55. The maximum Gasteiger partial charge on any atom is 0.115 e. The third-order valence-corrected chi connectivity index (χ3v) is 2.35. The minimum atomic E-state index is 0.828. The summed E-state index contributed by atoms with van der Waals surface area (Å²) in [4.78, 5) is 8.34. The first kappa shape index (κ1) is 10.8. The molecule has 0 unspecified atom stereocenters. The van der Waals surface area contributed by atoms with Gasteiger partial charge in [0.2, 0.25) is 0 Å². The van der Waals surface area contributed by atoms with E-state index in [1.807, 2.05) is 25.0 Å². The summed E-state index contributed by atoms with van der Waals surface area (Å²) in [5.41, 5.74) is 2.94. The van der Waals surface area contributed by atoms with Crippen LogP contribution in [0.5, 0.6) is 0 Å². The Morgan fingerprint density at radius 1 is 1.38 bits per heavy atom. The minimum absolute atomic E-state index is 0.828. The molecular formula is C11H15N5. The van der Waals surface area contributed by atoms with Crippen molar-refractivity contribution in [1.29, 1.82) is 0 Å². The zero-order valence-corrected chi connectivity index (χ0v) is 9.51. The van der Waals surface area contributed by atoms with Gasteiger partial charge in [-0.2, -0.15) is 5.10 Å². The Labute approximate surface area is 94.5 Å². The average Bonchev–Trinajstić information content (AvgIpc) is 2.69. The molecule has 0 fully saturated rings. The van der Waals surface area contributed by atoms with Crippen molar-refractivity contribution in [3.05, 3.63) is 30.4 Å². The lowest BCUT2D eigenvalue weighted by atomic mass is 10.1. The topological polar surface area (TPSA) is 55.6 Å². The smallest absolute Gasteiger partial charge is 0.115 e. The molecule has 0 aliphatic rings. The van der Waals surface area contributed by atoms with E-state index in [9.17, 15) is 0 Å². The highest BCUT2D eigenvalue weighted by Crippen LogP contribution is 2.18. The summed E-state index contributed by atoms with van der Waals surface area (Å²) in [6.07, 6.45) is 8.06. The number of nitrogens with one attached hydrogen (secondary N) is 1. The van der Waals surface area contributed by atoms with Crippen molar-refractivity contribution in [2.45, 2.75) is 6.42 Å². The zero-order chi connectivity index (χ0) is 11.4. The average molecular weight is 217 g/mol. The van der Waals surface area contributed by atoms with Gasteiger partial charge in [-0.1, -0.05) is 0 Å². The highest BCUT2D eigenvalue weighted by atomic mass is 15.3. The van der Waals surface area contributed by atoms with E-state index in [1.165, 1.54) is 5.56 Å². The van der Waals surface area contributed by atoms with Gasteiger partial charge in [-0.15, -0.1) is 0 Å². The maximum absolute atomic E-state index is 4.42. The standard InChI is InChI=1S/C11H15N5/c1-12-4-3-9-8-16(2)15-11(9)10-7-13-5-6-14-10/h5-8,12H,3-4H2,1-2H3. The van der Waals surface area contributed by atoms with E-state index in [0.29, 0.717) is 0 Å². The summed E-state index contributed by atoms with van der Waals surface area (Å²) in [6.45, 7) is 0.930. The quantitative estimate of drug-likeness (QED) is 0.816. The number of hydrogen-bond acceptors (Lipinski definition) is 4. The third-order valence-electron chi connectivity index (χ3n) is 2.35. The fourth-order valence-corrected chi connectivity index (χ4v) is 1.62. The van der Waals surface area contributed by atoms with Crippen LogP contribution in [-0.2, 0) is 13.5 Å². The Bertz CT molecular complexity index is 449. The Balaban J connectivity index is 2.33. The fourth-order valence-electron chi connectivity index (χ4n) is 1.62. The van der Waals surface area contributed by atoms with Gasteiger partial charge >= 0.3 is 0 Å². The van der Waals surface area contributed by atoms with Crippen molar-refractivity contribution in [3.8, 4) is 11.4 Å². The Hall–Kier alpha value is -1.75. The first-order chi connectivity index (χ1) is 7.81. The second-order valence-electron chi connectivity index (χ2n) is 3.62. The van der Waals surface area contributed by atoms with E-state index in [4.69, 9.17) is 0 Å². The van der Waals surface area contributed by atoms with Gasteiger partial charge in [-0.25, -0.2) is 0 Å². The molecule has 0 saturated carbocycles. The first-order valence-corrected chi connectivity index (χ1v) is 5.25. The molecule has 0 aliphatic carbocycles. The second-order valence-corrected chi connectivity index (χ2v) is 3.62. The summed E-state index contributed by atoms with van der Waals surface area (Å²) in [7, 11) is 3.86. The van der Waals surface area contributed by atoms with E-state index in [1.54, 1.807) is 18.6 Å². The second kappa shape index (κ2) is 4.85. The Morgan fingerprint density at radius 3 is 2.94 bits per heavy atom. The zero-order valence-electron chi connectivity index (χ0n) is 9.51. The highest BCUT2D eigenvalue weighted by Gasteiger charge is 2.10. The molecule has 5 nitrogen and oxygen atoms in total. The van der Waals surface area contributed by atoms with Crippen LogP contribution in [0.3, 0.4) is 0 Å². The molecule has 0 aromatic carbocycles. The van der Waals surface area contributed by atoms with Gasteiger partial charge in [0, 0.05) is 31.2 Å². The predicted octanol–water partition coefficient (Wildman–Crippen LogP) is 0.639. The molecule has 0 saturated heterocycles. The molecule has 0 radical (unpaired) electrons. The summed E-state index contributed by atoms with van der Waals surface area (Å²) in [5.74, 6) is 0. The van der Waals surface area contributed by atoms with Gasteiger partial charge in [0.1, 0.15) is 11.4 Å². The van der Waals surface area contributed by atoms with E-state index in [0.717, 1.165) is 24.4 Å². The summed E-state index contributed by atoms with van der Waals surface area (Å²) >= 11 is 0. The summed E-state index contributed by atoms with van der Waals surface area (Å²) < 4.78 is 1.81. The molecule has 0 spiro atoms. The van der Waals surface area contributed by atoms with Crippen LogP contribution in [-0.4, -0.2) is 33.3 Å². The molecule has 84 valence electrons. The molecule has 0 bridgehead atoms. The van der Waals surface area contributed by atoms with Crippen molar-refractivity contribution >= 4 is 0 Å². The number of hydrogen-bond donors (Lipinski definition) is 1. The maximum atomic E-state index is 4.42. The predicted molar refractivity (Wildman–Crippen MR) is 61.9 cm³/mol. The number of nitrogens with zero attached hydrogens (tertiary/aromatic N) is 4. The van der Waals surface area contributed by atoms with Crippen LogP contribution in [0.25, 0.3) is 11.4 Å². The Kier molecular flexibility index (Phi) is 3.26. The lowest BCUT2D eigenvalue weighted by Crippen LogP contribution is -2.10. The van der Waals surface area contributed by atoms with Gasteiger partial charge < -0.3 is 5.32 Å². The number of aryl methyl sites for hydroxylation is 1. The van der Waals surface area contributed by atoms with Crippen LogP contribution in [0, 0.1) is 0 Å². The summed E-state index contributed by atoms with van der Waals surface area (Å²) in [6, 6.07) is 0. The van der Waals surface area contributed by atoms with E-state index < -0.39 is 0 Å². The van der Waals surface area contributed by atoms with Crippen molar-refractivity contribution in [1.82, 2.24) is 25.1 Å². The Morgan fingerprint density at radius 2 is 2.25 bits per heavy atom. The van der Waals surface area contributed by atoms with Gasteiger partial charge in [0.05, 0.1) is 6.20 Å². The number of rotatable bonds is 4. The van der Waals surface area contributed by atoms with Crippen LogP contribution in [0.2, 0.25) is 0 Å². The molecule has 0 amide bonds. The lowest BCUT2D eigenvalue weighted by molar-refractivity contribution is 0.764. The normalized spacial score (nSPS) is 10.6. The molecular weight excluding hydrogens is 202 g/mol. The van der Waals surface area contributed by atoms with Gasteiger partial charge in [0.15, 0.2) is 0 Å². The van der Waals surface area contributed by atoms with Gasteiger partial charge in [0.25, 0.3) is 0 Å². The molecule has 0 atom stereocenters. The SMILES string of the molecule is CNCCc1cn(C)nc1-c1cnccn1. The van der Waals surface area contributed by atoms with Crippen LogP contribution >= 0.6 is 0 Å². The van der Waals surface area contributed by atoms with Crippen LogP contribution in [0.1, 0.15) is 5.56 Å². The van der Waals surface area contributed by atoms with Crippen molar-refractivity contribution in [3.63, 3.8) is 0 Å². The number of likely N-dealkylation sites (N-methyl/N-ethyl adjacent to an activating group) is 1. The van der Waals surface area contributed by atoms with Crippen LogP contribution in [0.4, 0.5) is 0 Å². The van der Waals surface area contributed by atoms with Gasteiger partial charge in [-0.05, 0) is 20.0 Å². The largest absolute Gasteiger partial charge is 0.319 e. The monoisotopic (exact) mass is 217 g/mol.